The molecule has 0 spiro atoms. The molecule has 0 unspecified atom stereocenters. The van der Waals surface area contributed by atoms with E-state index in [2.05, 4.69) is 182 Å². The van der Waals surface area contributed by atoms with Crippen LogP contribution in [0.5, 0.6) is 0 Å². The molecule has 8 aromatic rings. The monoisotopic (exact) mass is 612 g/mol. The van der Waals surface area contributed by atoms with E-state index in [0.717, 1.165) is 0 Å². The van der Waals surface area contributed by atoms with Crippen molar-refractivity contribution in [2.45, 2.75) is 0 Å². The van der Waals surface area contributed by atoms with Crippen molar-refractivity contribution in [3.05, 3.63) is 193 Å². The predicted molar refractivity (Wildman–Crippen MR) is 178 cm³/mol. The Morgan fingerprint density at radius 1 is 0.452 bits per heavy atom. The van der Waals surface area contributed by atoms with Gasteiger partial charge in [-0.3, -0.25) is 0 Å². The van der Waals surface area contributed by atoms with E-state index in [9.17, 15) is 0 Å². The van der Waals surface area contributed by atoms with Gasteiger partial charge in [0.05, 0.1) is 0 Å². The molecule has 0 bridgehead atoms. The van der Waals surface area contributed by atoms with E-state index in [4.69, 9.17) is 0 Å². The Kier molecular flexibility index (Phi) is 8.89. The van der Waals surface area contributed by atoms with Crippen molar-refractivity contribution in [2.75, 3.05) is 0 Å². The zero-order valence-corrected chi connectivity index (χ0v) is 25.8. The third-order valence-electron chi connectivity index (χ3n) is 7.41. The van der Waals surface area contributed by atoms with Gasteiger partial charge in [0.15, 0.2) is 0 Å². The van der Waals surface area contributed by atoms with Crippen LogP contribution in [-0.2, 0) is 24.2 Å². The topological polar surface area (TPSA) is 0 Å². The van der Waals surface area contributed by atoms with Crippen molar-refractivity contribution in [1.29, 1.82) is 0 Å². The maximum Gasteiger partial charge on any atom is -0.0598 e. The summed E-state index contributed by atoms with van der Waals surface area (Å²) in [6.45, 7) is 0. The Morgan fingerprint density at radius 3 is 1.52 bits per heavy atom. The normalized spacial score (nSPS) is 10.5. The van der Waals surface area contributed by atoms with Gasteiger partial charge in [-0.2, -0.15) is 12.1 Å². The van der Waals surface area contributed by atoms with Gasteiger partial charge in [0.2, 0.25) is 0 Å². The molecule has 1 heteroatoms. The molecule has 0 aliphatic heterocycles. The first-order valence-corrected chi connectivity index (χ1v) is 15.4. The van der Waals surface area contributed by atoms with Gasteiger partial charge in [-0.15, -0.1) is 62.6 Å². The van der Waals surface area contributed by atoms with Gasteiger partial charge < -0.3 is 0 Å². The molecule has 0 atom stereocenters. The summed E-state index contributed by atoms with van der Waals surface area (Å²) in [5, 5.41) is 8.05. The first-order chi connectivity index (χ1) is 20.8. The minimum absolute atomic E-state index is 1.29. The molecular formula is C41H30Zr. The maximum atomic E-state index is 2.24. The Bertz CT molecular complexity index is 1940. The standard InChI is InChI=1S/C15H11.C13H9.C13H10.Zr/c1-2-6-12(7-3-1)14-10-4-8-13-9-5-11-15(13)14;1-3-7-12-10(5-1)9-11-6-2-4-8-13(11)12;1-3-7-12(8-4-1)11-13-9-5-2-6-10-13;/h1-11H;1-9H;1-10H;/q2*-1;;+2. The molecule has 8 aromatic carbocycles. The molecule has 0 saturated carbocycles. The zero-order valence-electron chi connectivity index (χ0n) is 23.3. The average molecular weight is 614 g/mol. The van der Waals surface area contributed by atoms with E-state index in [1.165, 1.54) is 82.0 Å². The molecule has 198 valence electrons. The van der Waals surface area contributed by atoms with Crippen molar-refractivity contribution in [2.24, 2.45) is 0 Å². The summed E-state index contributed by atoms with van der Waals surface area (Å²) in [4.78, 5) is 0. The van der Waals surface area contributed by atoms with Crippen LogP contribution < -0.4 is 0 Å². The third-order valence-corrected chi connectivity index (χ3v) is 8.83. The molecule has 0 aromatic heterocycles. The molecule has 0 saturated heterocycles. The predicted octanol–water partition coefficient (Wildman–Crippen LogP) is 10.7. The first-order valence-electron chi connectivity index (χ1n) is 14.2. The van der Waals surface area contributed by atoms with E-state index >= 15 is 0 Å². The average Bonchev–Trinajstić information content (AvgIpc) is 3.71. The summed E-state index contributed by atoms with van der Waals surface area (Å²) >= 11 is 1.46. The molecule has 0 nitrogen and oxygen atoms in total. The van der Waals surface area contributed by atoms with Gasteiger partial charge >= 0.3 is 99.2 Å². The van der Waals surface area contributed by atoms with Crippen LogP contribution >= 0.6 is 0 Å². The van der Waals surface area contributed by atoms with Crippen molar-refractivity contribution >= 4 is 35.5 Å². The Morgan fingerprint density at radius 2 is 0.952 bits per heavy atom. The van der Waals surface area contributed by atoms with E-state index in [-0.39, 0.29) is 0 Å². The van der Waals surface area contributed by atoms with Crippen molar-refractivity contribution in [3.8, 4) is 11.1 Å². The van der Waals surface area contributed by atoms with Gasteiger partial charge in [0.25, 0.3) is 0 Å². The maximum absolute atomic E-state index is 2.24. The van der Waals surface area contributed by atoms with Gasteiger partial charge in [-0.1, -0.05) is 90.0 Å². The van der Waals surface area contributed by atoms with Crippen molar-refractivity contribution in [3.63, 3.8) is 0 Å². The van der Waals surface area contributed by atoms with E-state index in [1.54, 1.807) is 0 Å². The van der Waals surface area contributed by atoms with E-state index in [1.807, 2.05) is 0 Å². The number of rotatable bonds is 3. The number of fused-ring (bicyclic) bond motifs is 4. The van der Waals surface area contributed by atoms with Crippen LogP contribution in [0.25, 0.3) is 43.4 Å². The quantitative estimate of drug-likeness (QED) is 0.174. The fraction of sp³-hybridized carbons (Fsp3) is 0. The summed E-state index contributed by atoms with van der Waals surface area (Å²) in [7, 11) is 0. The second-order valence-corrected chi connectivity index (χ2v) is 11.4. The van der Waals surface area contributed by atoms with Crippen LogP contribution in [0.1, 0.15) is 11.1 Å². The van der Waals surface area contributed by atoms with E-state index < -0.39 is 0 Å². The largest absolute Gasteiger partial charge is 0.168 e. The molecule has 0 amide bonds. The second-order valence-electron chi connectivity index (χ2n) is 10.1. The fourth-order valence-corrected chi connectivity index (χ4v) is 6.13. The van der Waals surface area contributed by atoms with Gasteiger partial charge in [0, 0.05) is 0 Å². The molecule has 0 fully saturated rings. The molecule has 8 rings (SSSR count). The summed E-state index contributed by atoms with van der Waals surface area (Å²) in [6, 6.07) is 63.8. The molecule has 0 aliphatic rings. The first kappa shape index (κ1) is 27.7. The molecule has 0 N–H and O–H groups in total. The Labute approximate surface area is 262 Å². The van der Waals surface area contributed by atoms with Crippen LogP contribution in [0.2, 0.25) is 0 Å². The summed E-state index contributed by atoms with van der Waals surface area (Å²) < 4.78 is 1.42. The Balaban J connectivity index is 0.000000113. The van der Waals surface area contributed by atoms with Gasteiger partial charge in [-0.05, 0) is 0 Å². The third kappa shape index (κ3) is 6.38. The Hall–Kier alpha value is -4.45. The molecular weight excluding hydrogens is 584 g/mol. The zero-order chi connectivity index (χ0) is 28.6. The van der Waals surface area contributed by atoms with Crippen LogP contribution in [0.3, 0.4) is 0 Å². The fourth-order valence-electron chi connectivity index (χ4n) is 5.31. The van der Waals surface area contributed by atoms with Crippen molar-refractivity contribution < 1.29 is 24.2 Å². The SMILES string of the molecule is [Zr+2]=[C](c1ccccc1)c1ccccc1.c1ccc(-c2cccc3cc[cH-]c23)cc1.c1ccc2c(c1)[cH-]c1ccccc12. The van der Waals surface area contributed by atoms with Crippen molar-refractivity contribution in [1.82, 2.24) is 0 Å². The van der Waals surface area contributed by atoms with Crippen LogP contribution in [0.4, 0.5) is 0 Å². The van der Waals surface area contributed by atoms with Crippen LogP contribution in [0, 0.1) is 0 Å². The minimum atomic E-state index is 1.29. The summed E-state index contributed by atoms with van der Waals surface area (Å²) in [5.41, 5.74) is 5.26. The van der Waals surface area contributed by atoms with Crippen LogP contribution in [-0.4, -0.2) is 3.21 Å². The number of hydrogen-bond acceptors (Lipinski definition) is 0. The summed E-state index contributed by atoms with van der Waals surface area (Å²) in [6.07, 6.45) is 0. The number of benzene rings is 6. The minimum Gasteiger partial charge on any atom is -0.168 e. The molecule has 0 aliphatic carbocycles. The van der Waals surface area contributed by atoms with Crippen LogP contribution in [0.15, 0.2) is 182 Å². The summed E-state index contributed by atoms with van der Waals surface area (Å²) in [5.74, 6) is 0. The molecule has 42 heavy (non-hydrogen) atoms. The molecule has 0 heterocycles. The smallest absolute Gasteiger partial charge is 0.0598 e. The second kappa shape index (κ2) is 13.5. The number of hydrogen-bond donors (Lipinski definition) is 0. The van der Waals surface area contributed by atoms with E-state index in [0.29, 0.717) is 0 Å². The van der Waals surface area contributed by atoms with Gasteiger partial charge in [0.1, 0.15) is 0 Å². The molecule has 0 radical (unpaired) electrons. The van der Waals surface area contributed by atoms with Gasteiger partial charge in [-0.25, -0.2) is 0 Å².